The maximum absolute atomic E-state index is 8.37. The first kappa shape index (κ1) is 23.3. The average Bonchev–Trinajstić information content (AvgIpc) is 3.53. The third kappa shape index (κ3) is 4.47. The Hall–Kier alpha value is -4.40. The van der Waals surface area contributed by atoms with Crippen LogP contribution >= 0.6 is 0 Å². The first-order valence-electron chi connectivity index (χ1n) is 12.0. The molecule has 9 heteroatoms. The minimum absolute atomic E-state index is 0.181. The van der Waals surface area contributed by atoms with Crippen LogP contribution in [-0.2, 0) is 0 Å². The van der Waals surface area contributed by atoms with Gasteiger partial charge in [0.15, 0.2) is 23.2 Å². The molecule has 0 bridgehead atoms. The molecule has 9 nitrogen and oxygen atoms in total. The molecule has 0 unspecified atom stereocenters. The summed E-state index contributed by atoms with van der Waals surface area (Å²) in [4.78, 5) is 16.0. The second-order valence-corrected chi connectivity index (χ2v) is 9.60. The quantitative estimate of drug-likeness (QED) is 0.143. The lowest BCUT2D eigenvalue weighted by Gasteiger charge is -2.13. The van der Waals surface area contributed by atoms with Crippen molar-refractivity contribution in [3.8, 4) is 23.2 Å². The molecule has 5 rings (SSSR count). The number of imidazole rings is 2. The van der Waals surface area contributed by atoms with Crippen LogP contribution in [0.3, 0.4) is 0 Å². The van der Waals surface area contributed by atoms with Crippen LogP contribution in [0.4, 0.5) is 0 Å². The number of nitrogens with zero attached hydrogens (tertiary/aromatic N) is 2. The van der Waals surface area contributed by atoms with Crippen molar-refractivity contribution in [1.82, 2.24) is 30.6 Å². The molecule has 0 fully saturated rings. The molecule has 0 saturated heterocycles. The van der Waals surface area contributed by atoms with E-state index in [4.69, 9.17) is 20.2 Å². The SMILES string of the molecule is Cc1cc2nc(-c3ccc(-c4nc5ccc(C(=N)NC(C)C)cc5[nH]4)o3)[nH]c2cc1C(=N)NC(C)C. The number of nitrogens with one attached hydrogen (secondary N) is 6. The lowest BCUT2D eigenvalue weighted by atomic mass is 10.1. The van der Waals surface area contributed by atoms with E-state index in [1.54, 1.807) is 0 Å². The third-order valence-electron chi connectivity index (χ3n) is 5.81. The molecule has 0 amide bonds. The number of hydrogen-bond acceptors (Lipinski definition) is 5. The summed E-state index contributed by atoms with van der Waals surface area (Å²) in [7, 11) is 0. The Balaban J connectivity index is 1.43. The predicted molar refractivity (Wildman–Crippen MR) is 144 cm³/mol. The monoisotopic (exact) mass is 482 g/mol. The van der Waals surface area contributed by atoms with E-state index in [-0.39, 0.29) is 12.1 Å². The number of benzene rings is 2. The molecule has 0 aliphatic carbocycles. The van der Waals surface area contributed by atoms with Crippen molar-refractivity contribution in [2.24, 2.45) is 0 Å². The second-order valence-electron chi connectivity index (χ2n) is 9.60. The molecule has 0 saturated carbocycles. The number of aromatic amines is 2. The van der Waals surface area contributed by atoms with Crippen LogP contribution in [-0.4, -0.2) is 43.7 Å². The van der Waals surface area contributed by atoms with Crippen molar-refractivity contribution in [2.75, 3.05) is 0 Å². The van der Waals surface area contributed by atoms with Crippen molar-refractivity contribution in [3.63, 3.8) is 0 Å². The molecule has 184 valence electrons. The van der Waals surface area contributed by atoms with Crippen molar-refractivity contribution in [3.05, 3.63) is 59.2 Å². The van der Waals surface area contributed by atoms with Crippen LogP contribution in [0.2, 0.25) is 0 Å². The van der Waals surface area contributed by atoms with Gasteiger partial charge >= 0.3 is 0 Å². The van der Waals surface area contributed by atoms with Crippen LogP contribution < -0.4 is 10.6 Å². The van der Waals surface area contributed by atoms with Gasteiger partial charge in [-0.25, -0.2) is 9.97 Å². The van der Waals surface area contributed by atoms with Gasteiger partial charge in [-0.05, 0) is 82.6 Å². The fourth-order valence-electron chi connectivity index (χ4n) is 4.16. The number of furan rings is 1. The zero-order chi connectivity index (χ0) is 25.6. The molecule has 5 aromatic rings. The Bertz CT molecular complexity index is 1600. The van der Waals surface area contributed by atoms with E-state index in [1.807, 2.05) is 77.1 Å². The molecule has 36 heavy (non-hydrogen) atoms. The smallest absolute Gasteiger partial charge is 0.174 e. The highest BCUT2D eigenvalue weighted by Crippen LogP contribution is 2.29. The van der Waals surface area contributed by atoms with Gasteiger partial charge < -0.3 is 25.0 Å². The molecule has 0 spiro atoms. The van der Waals surface area contributed by atoms with E-state index in [0.29, 0.717) is 34.8 Å². The van der Waals surface area contributed by atoms with E-state index in [2.05, 4.69) is 25.6 Å². The van der Waals surface area contributed by atoms with Gasteiger partial charge in [0.05, 0.1) is 22.1 Å². The number of fused-ring (bicyclic) bond motifs is 2. The van der Waals surface area contributed by atoms with E-state index in [1.165, 1.54) is 0 Å². The summed E-state index contributed by atoms with van der Waals surface area (Å²) in [5.74, 6) is 3.19. The van der Waals surface area contributed by atoms with Gasteiger partial charge in [0.2, 0.25) is 0 Å². The minimum atomic E-state index is 0.181. The van der Waals surface area contributed by atoms with E-state index in [0.717, 1.165) is 38.8 Å². The van der Waals surface area contributed by atoms with Gasteiger partial charge in [-0.15, -0.1) is 0 Å². The predicted octanol–water partition coefficient (Wildman–Crippen LogP) is 5.32. The molecule has 0 radical (unpaired) electrons. The zero-order valence-corrected chi connectivity index (χ0v) is 21.0. The lowest BCUT2D eigenvalue weighted by Crippen LogP contribution is -2.30. The van der Waals surface area contributed by atoms with Gasteiger partial charge in [0.1, 0.15) is 11.7 Å². The van der Waals surface area contributed by atoms with Crippen LogP contribution in [0.5, 0.6) is 0 Å². The highest BCUT2D eigenvalue weighted by molar-refractivity contribution is 6.01. The van der Waals surface area contributed by atoms with Crippen LogP contribution in [0.1, 0.15) is 44.4 Å². The molecule has 2 aromatic carbocycles. The highest BCUT2D eigenvalue weighted by atomic mass is 16.3. The van der Waals surface area contributed by atoms with E-state index < -0.39 is 0 Å². The molecule has 0 aliphatic heterocycles. The Labute approximate surface area is 208 Å². The van der Waals surface area contributed by atoms with Crippen molar-refractivity contribution >= 4 is 33.7 Å². The molecule has 3 aromatic heterocycles. The first-order chi connectivity index (χ1) is 17.2. The van der Waals surface area contributed by atoms with Crippen LogP contribution in [0, 0.1) is 17.7 Å². The molecule has 6 N–H and O–H groups in total. The maximum Gasteiger partial charge on any atom is 0.174 e. The molecule has 3 heterocycles. The van der Waals surface area contributed by atoms with Crippen LogP contribution in [0.15, 0.2) is 46.9 Å². The summed E-state index contributed by atoms with van der Waals surface area (Å²) >= 11 is 0. The number of aryl methyl sites for hydroxylation is 1. The van der Waals surface area contributed by atoms with Gasteiger partial charge in [-0.1, -0.05) is 0 Å². The van der Waals surface area contributed by atoms with E-state index in [9.17, 15) is 0 Å². The Morgan fingerprint density at radius 2 is 1.36 bits per heavy atom. The van der Waals surface area contributed by atoms with Crippen LogP contribution in [0.25, 0.3) is 45.2 Å². The molecular weight excluding hydrogens is 452 g/mol. The Kier molecular flexibility index (Phi) is 5.83. The van der Waals surface area contributed by atoms with Crippen molar-refractivity contribution in [1.29, 1.82) is 10.8 Å². The number of hydrogen-bond donors (Lipinski definition) is 6. The fourth-order valence-corrected chi connectivity index (χ4v) is 4.16. The minimum Gasteiger partial charge on any atom is -0.450 e. The standard InChI is InChI=1S/C27H30N8O/c1-13(2)30-24(28)16-6-7-18-20(11-16)34-26(32-18)22-8-9-23(36-22)27-33-19-10-15(5)17(12-21(19)35-27)25(29)31-14(3)4/h6-14H,1-5H3,(H2,28,30)(H2,29,31)(H,32,34)(H,33,35). The van der Waals surface area contributed by atoms with Crippen molar-refractivity contribution in [2.45, 2.75) is 46.7 Å². The van der Waals surface area contributed by atoms with Gasteiger partial charge in [0, 0.05) is 23.2 Å². The summed E-state index contributed by atoms with van der Waals surface area (Å²) in [6.07, 6.45) is 0. The highest BCUT2D eigenvalue weighted by Gasteiger charge is 2.16. The van der Waals surface area contributed by atoms with E-state index >= 15 is 0 Å². The largest absolute Gasteiger partial charge is 0.450 e. The lowest BCUT2D eigenvalue weighted by molar-refractivity contribution is 0.589. The van der Waals surface area contributed by atoms with Crippen molar-refractivity contribution < 1.29 is 4.42 Å². The Morgan fingerprint density at radius 3 is 2.00 bits per heavy atom. The fraction of sp³-hybridized carbons (Fsp3) is 0.259. The Morgan fingerprint density at radius 1 is 0.778 bits per heavy atom. The number of rotatable bonds is 6. The molecular formula is C27H30N8O. The molecule has 0 atom stereocenters. The number of aromatic nitrogens is 4. The summed E-state index contributed by atoms with van der Waals surface area (Å²) in [6, 6.07) is 13.7. The summed E-state index contributed by atoms with van der Waals surface area (Å²) in [6.45, 7) is 10.0. The van der Waals surface area contributed by atoms with Gasteiger partial charge in [-0.3, -0.25) is 10.8 Å². The second kappa shape index (κ2) is 8.99. The number of amidine groups is 2. The average molecular weight is 483 g/mol. The normalized spacial score (nSPS) is 11.6. The van der Waals surface area contributed by atoms with Gasteiger partial charge in [-0.2, -0.15) is 0 Å². The topological polar surface area (TPSA) is 142 Å². The first-order valence-corrected chi connectivity index (χ1v) is 12.0. The zero-order valence-electron chi connectivity index (χ0n) is 21.0. The number of H-pyrrole nitrogens is 2. The summed E-state index contributed by atoms with van der Waals surface area (Å²) in [5, 5.41) is 22.9. The van der Waals surface area contributed by atoms with Gasteiger partial charge in [0.25, 0.3) is 0 Å². The summed E-state index contributed by atoms with van der Waals surface area (Å²) < 4.78 is 6.11. The molecule has 0 aliphatic rings. The maximum atomic E-state index is 8.37. The third-order valence-corrected chi connectivity index (χ3v) is 5.81. The summed E-state index contributed by atoms with van der Waals surface area (Å²) in [5.41, 5.74) is 5.90.